The van der Waals surface area contributed by atoms with Crippen LogP contribution < -0.4 is 10.9 Å². The van der Waals surface area contributed by atoms with E-state index in [0.717, 1.165) is 16.6 Å². The van der Waals surface area contributed by atoms with Gasteiger partial charge in [0.15, 0.2) is 0 Å². The average molecular weight is 172 g/mol. The normalized spacial score (nSPS) is 10.2. The van der Waals surface area contributed by atoms with Crippen LogP contribution in [0.15, 0.2) is 11.0 Å². The third-order valence-corrected chi connectivity index (χ3v) is 2.92. The second kappa shape index (κ2) is 3.61. The van der Waals surface area contributed by atoms with Gasteiger partial charge in [-0.3, -0.25) is 0 Å². The minimum absolute atomic E-state index is 0.713. The lowest BCUT2D eigenvalue weighted by Crippen LogP contribution is -2.31. The van der Waals surface area contributed by atoms with Gasteiger partial charge in [-0.25, -0.2) is 0 Å². The van der Waals surface area contributed by atoms with E-state index in [1.807, 2.05) is 20.1 Å². The zero-order valence-electron chi connectivity index (χ0n) is 7.64. The summed E-state index contributed by atoms with van der Waals surface area (Å²) in [6, 6.07) is 2.08. The molecule has 58 valence electrons. The van der Waals surface area contributed by atoms with Crippen LogP contribution in [0.4, 0.5) is 0 Å². The van der Waals surface area contributed by atoms with E-state index < -0.39 is 0 Å². The van der Waals surface area contributed by atoms with Crippen LogP contribution in [0.1, 0.15) is 11.1 Å². The molecule has 0 aromatic heterocycles. The highest BCUT2D eigenvalue weighted by molar-refractivity contribution is 7.98. The highest BCUT2D eigenvalue weighted by atomic mass is 32.2. The fraction of sp³-hybridized carbons (Fsp3) is 0.333. The predicted octanol–water partition coefficient (Wildman–Crippen LogP) is 0.613. The standard InChI is InChI=1S/C9H10B2S/c1-5-4-7(12-3)6(2)9(11)8(5)10/h4H,1-3H3. The lowest BCUT2D eigenvalue weighted by atomic mass is 9.75. The van der Waals surface area contributed by atoms with Crippen molar-refractivity contribution in [1.29, 1.82) is 0 Å². The minimum Gasteiger partial charge on any atom is -0.129 e. The zero-order chi connectivity index (χ0) is 9.30. The van der Waals surface area contributed by atoms with Crippen LogP contribution in [0, 0.1) is 13.8 Å². The van der Waals surface area contributed by atoms with E-state index in [9.17, 15) is 0 Å². The van der Waals surface area contributed by atoms with Crippen LogP contribution in [0.3, 0.4) is 0 Å². The van der Waals surface area contributed by atoms with Crippen LogP contribution in [-0.2, 0) is 0 Å². The van der Waals surface area contributed by atoms with Gasteiger partial charge >= 0.3 is 0 Å². The first-order valence-electron chi connectivity index (χ1n) is 3.77. The third kappa shape index (κ3) is 1.56. The third-order valence-electron chi connectivity index (χ3n) is 2.06. The Labute approximate surface area is 81.0 Å². The summed E-state index contributed by atoms with van der Waals surface area (Å²) in [6.07, 6.45) is 2.04. The van der Waals surface area contributed by atoms with E-state index in [-0.39, 0.29) is 0 Å². The van der Waals surface area contributed by atoms with Crippen molar-refractivity contribution < 1.29 is 0 Å². The summed E-state index contributed by atoms with van der Waals surface area (Å²) in [5.41, 5.74) is 3.58. The summed E-state index contributed by atoms with van der Waals surface area (Å²) < 4.78 is 0. The molecule has 0 N–H and O–H groups in total. The van der Waals surface area contributed by atoms with Gasteiger partial charge in [0.2, 0.25) is 0 Å². The summed E-state index contributed by atoms with van der Waals surface area (Å²) in [7, 11) is 11.6. The summed E-state index contributed by atoms with van der Waals surface area (Å²) in [6.45, 7) is 3.97. The number of rotatable bonds is 1. The molecular weight excluding hydrogens is 162 g/mol. The lowest BCUT2D eigenvalue weighted by molar-refractivity contribution is 1.31. The smallest absolute Gasteiger partial charge is 0.113 e. The Bertz CT molecular complexity index is 308. The fourth-order valence-electron chi connectivity index (χ4n) is 1.14. The summed E-state index contributed by atoms with van der Waals surface area (Å²) in [5.74, 6) is 0. The number of hydrogen-bond donors (Lipinski definition) is 0. The molecule has 0 atom stereocenters. The molecule has 1 aromatic rings. The van der Waals surface area contributed by atoms with Crippen LogP contribution in [0.2, 0.25) is 0 Å². The van der Waals surface area contributed by atoms with E-state index in [1.165, 1.54) is 4.90 Å². The molecule has 0 aliphatic carbocycles. The highest BCUT2D eigenvalue weighted by Crippen LogP contribution is 2.17. The van der Waals surface area contributed by atoms with Crippen molar-refractivity contribution >= 4 is 38.4 Å². The molecule has 0 unspecified atom stereocenters. The SMILES string of the molecule is [B]c1c(C)cc(SC)c(C)c1[B]. The molecule has 0 nitrogen and oxygen atoms in total. The summed E-state index contributed by atoms with van der Waals surface area (Å²) in [5, 5.41) is 0. The van der Waals surface area contributed by atoms with Crippen molar-refractivity contribution in [3.8, 4) is 0 Å². The lowest BCUT2D eigenvalue weighted by Gasteiger charge is -2.13. The molecule has 0 spiro atoms. The average Bonchev–Trinajstić information content (AvgIpc) is 2.08. The first kappa shape index (κ1) is 9.79. The van der Waals surface area contributed by atoms with Crippen LogP contribution in [0.5, 0.6) is 0 Å². The monoisotopic (exact) mass is 172 g/mol. The molecule has 0 amide bonds. The number of hydrogen-bond acceptors (Lipinski definition) is 1. The van der Waals surface area contributed by atoms with Crippen LogP contribution in [0.25, 0.3) is 0 Å². The van der Waals surface area contributed by atoms with Gasteiger partial charge < -0.3 is 0 Å². The number of thioether (sulfide) groups is 1. The van der Waals surface area contributed by atoms with E-state index in [2.05, 4.69) is 6.07 Å². The Morgan fingerprint density at radius 3 is 2.25 bits per heavy atom. The van der Waals surface area contributed by atoms with Crippen LogP contribution >= 0.6 is 11.8 Å². The topological polar surface area (TPSA) is 0 Å². The highest BCUT2D eigenvalue weighted by Gasteiger charge is 2.04. The molecule has 0 heterocycles. The van der Waals surface area contributed by atoms with E-state index >= 15 is 0 Å². The Morgan fingerprint density at radius 2 is 1.75 bits per heavy atom. The Kier molecular flexibility index (Phi) is 2.94. The second-order valence-electron chi connectivity index (χ2n) is 2.85. The predicted molar refractivity (Wildman–Crippen MR) is 58.5 cm³/mol. The van der Waals surface area contributed by atoms with Gasteiger partial charge in [0.25, 0.3) is 0 Å². The second-order valence-corrected chi connectivity index (χ2v) is 3.70. The van der Waals surface area contributed by atoms with Crippen molar-refractivity contribution in [3.63, 3.8) is 0 Å². The first-order chi connectivity index (χ1) is 5.57. The van der Waals surface area contributed by atoms with Crippen molar-refractivity contribution in [3.05, 3.63) is 17.2 Å². The molecule has 4 radical (unpaired) electrons. The van der Waals surface area contributed by atoms with Gasteiger partial charge in [0.05, 0.1) is 0 Å². The van der Waals surface area contributed by atoms with Crippen molar-refractivity contribution in [2.45, 2.75) is 18.7 Å². The van der Waals surface area contributed by atoms with Crippen LogP contribution in [-0.4, -0.2) is 21.9 Å². The van der Waals surface area contributed by atoms with E-state index in [1.54, 1.807) is 11.8 Å². The largest absolute Gasteiger partial charge is 0.129 e. The molecule has 0 aliphatic rings. The Hall–Kier alpha value is -0.300. The molecule has 1 aromatic carbocycles. The van der Waals surface area contributed by atoms with Crippen molar-refractivity contribution in [1.82, 2.24) is 0 Å². The molecule has 0 aliphatic heterocycles. The molecule has 0 fully saturated rings. The fourth-order valence-corrected chi connectivity index (χ4v) is 1.85. The van der Waals surface area contributed by atoms with Gasteiger partial charge in [-0.05, 0) is 31.7 Å². The summed E-state index contributed by atoms with van der Waals surface area (Å²) >= 11 is 1.70. The molecule has 0 saturated carbocycles. The molecule has 0 bridgehead atoms. The maximum absolute atomic E-state index is 5.82. The molecular formula is C9H10B2S. The minimum atomic E-state index is 0.713. The Morgan fingerprint density at radius 1 is 1.17 bits per heavy atom. The number of benzene rings is 1. The first-order valence-corrected chi connectivity index (χ1v) is 4.99. The van der Waals surface area contributed by atoms with E-state index in [4.69, 9.17) is 15.7 Å². The van der Waals surface area contributed by atoms with E-state index in [0.29, 0.717) is 5.46 Å². The van der Waals surface area contributed by atoms with Gasteiger partial charge in [0, 0.05) is 4.90 Å². The number of aryl methyl sites for hydroxylation is 1. The molecule has 0 saturated heterocycles. The Balaban J connectivity index is 3.39. The van der Waals surface area contributed by atoms with Gasteiger partial charge in [-0.1, -0.05) is 11.0 Å². The maximum atomic E-state index is 5.82. The van der Waals surface area contributed by atoms with Crippen molar-refractivity contribution in [2.24, 2.45) is 0 Å². The van der Waals surface area contributed by atoms with Gasteiger partial charge in [0.1, 0.15) is 15.7 Å². The zero-order valence-corrected chi connectivity index (χ0v) is 8.46. The van der Waals surface area contributed by atoms with Gasteiger partial charge in [-0.2, -0.15) is 0 Å². The molecule has 1 rings (SSSR count). The van der Waals surface area contributed by atoms with Gasteiger partial charge in [-0.15, -0.1) is 17.2 Å². The maximum Gasteiger partial charge on any atom is 0.113 e. The molecule has 3 heteroatoms. The molecule has 12 heavy (non-hydrogen) atoms. The quantitative estimate of drug-likeness (QED) is 0.441. The van der Waals surface area contributed by atoms with Crippen molar-refractivity contribution in [2.75, 3.05) is 6.26 Å². The summed E-state index contributed by atoms with van der Waals surface area (Å²) in [4.78, 5) is 1.21.